The van der Waals surface area contributed by atoms with Gasteiger partial charge in [-0.15, -0.1) is 0 Å². The number of aliphatic hydroxyl groups is 1. The standard InChI is InChI=1S/C25H25NO2/c27-24-21-13-7-8-14-22(21)25(28-24)15-17-26(18-16-25)23(19-9-3-1-4-10-19)20-11-5-2-6-12-20/h1-14,23-24,27H,15-18H2. The van der Waals surface area contributed by atoms with Crippen LogP contribution in [0.1, 0.15) is 47.4 Å². The van der Waals surface area contributed by atoms with Crippen molar-refractivity contribution in [2.24, 2.45) is 0 Å². The molecule has 0 bridgehead atoms. The molecule has 1 N–H and O–H groups in total. The highest BCUT2D eigenvalue weighted by molar-refractivity contribution is 5.38. The number of hydrogen-bond donors (Lipinski definition) is 1. The Hall–Kier alpha value is -2.46. The van der Waals surface area contributed by atoms with Crippen LogP contribution in [0.4, 0.5) is 0 Å². The van der Waals surface area contributed by atoms with Crippen LogP contribution in [-0.4, -0.2) is 23.1 Å². The third-order valence-electron chi connectivity index (χ3n) is 6.26. The summed E-state index contributed by atoms with van der Waals surface area (Å²) in [6.45, 7) is 1.85. The van der Waals surface area contributed by atoms with Crippen LogP contribution in [0.15, 0.2) is 84.9 Å². The van der Waals surface area contributed by atoms with E-state index in [1.807, 2.05) is 18.2 Å². The number of piperidine rings is 1. The van der Waals surface area contributed by atoms with E-state index < -0.39 is 6.29 Å². The molecule has 1 spiro atoms. The number of hydrogen-bond acceptors (Lipinski definition) is 3. The summed E-state index contributed by atoms with van der Waals surface area (Å²) in [6.07, 6.45) is 0.968. The van der Waals surface area contributed by atoms with Gasteiger partial charge in [-0.25, -0.2) is 0 Å². The highest BCUT2D eigenvalue weighted by Gasteiger charge is 2.47. The van der Waals surface area contributed by atoms with Gasteiger partial charge in [-0.2, -0.15) is 0 Å². The summed E-state index contributed by atoms with van der Waals surface area (Å²) in [5.74, 6) is 0. The zero-order valence-electron chi connectivity index (χ0n) is 15.9. The molecule has 2 aliphatic heterocycles. The van der Waals surface area contributed by atoms with E-state index in [1.54, 1.807) is 0 Å². The first-order valence-corrected chi connectivity index (χ1v) is 10.1. The van der Waals surface area contributed by atoms with E-state index in [9.17, 15) is 5.11 Å². The molecular weight excluding hydrogens is 346 g/mol. The number of rotatable bonds is 3. The Morgan fingerprint density at radius 1 is 0.786 bits per heavy atom. The fraction of sp³-hybridized carbons (Fsp3) is 0.280. The van der Waals surface area contributed by atoms with E-state index in [0.717, 1.165) is 37.1 Å². The van der Waals surface area contributed by atoms with E-state index in [2.05, 4.69) is 71.6 Å². The normalized spacial score (nSPS) is 21.1. The van der Waals surface area contributed by atoms with E-state index in [0.29, 0.717) is 0 Å². The van der Waals surface area contributed by atoms with Gasteiger partial charge < -0.3 is 9.84 Å². The predicted molar refractivity (Wildman–Crippen MR) is 110 cm³/mol. The molecule has 3 aromatic rings. The summed E-state index contributed by atoms with van der Waals surface area (Å²) in [5.41, 5.74) is 4.37. The lowest BCUT2D eigenvalue weighted by molar-refractivity contribution is -0.189. The van der Waals surface area contributed by atoms with Gasteiger partial charge in [0.2, 0.25) is 0 Å². The molecule has 1 saturated heterocycles. The first-order valence-electron chi connectivity index (χ1n) is 10.1. The van der Waals surface area contributed by atoms with Crippen molar-refractivity contribution in [1.82, 2.24) is 4.90 Å². The quantitative estimate of drug-likeness (QED) is 0.719. The molecule has 0 aromatic heterocycles. The molecule has 1 fully saturated rings. The van der Waals surface area contributed by atoms with Crippen molar-refractivity contribution in [3.63, 3.8) is 0 Å². The molecule has 28 heavy (non-hydrogen) atoms. The molecule has 3 aromatic carbocycles. The van der Waals surface area contributed by atoms with Crippen molar-refractivity contribution in [2.45, 2.75) is 30.8 Å². The summed E-state index contributed by atoms with van der Waals surface area (Å²) >= 11 is 0. The molecule has 142 valence electrons. The summed E-state index contributed by atoms with van der Waals surface area (Å²) in [6, 6.07) is 29.8. The van der Waals surface area contributed by atoms with Gasteiger partial charge in [0.1, 0.15) is 0 Å². The third-order valence-corrected chi connectivity index (χ3v) is 6.26. The molecule has 3 nitrogen and oxygen atoms in total. The summed E-state index contributed by atoms with van der Waals surface area (Å²) < 4.78 is 6.13. The van der Waals surface area contributed by atoms with E-state index >= 15 is 0 Å². The van der Waals surface area contributed by atoms with Gasteiger partial charge in [-0.05, 0) is 29.5 Å². The van der Waals surface area contributed by atoms with Crippen LogP contribution in [0.2, 0.25) is 0 Å². The number of nitrogens with zero attached hydrogens (tertiary/aromatic N) is 1. The van der Waals surface area contributed by atoms with Crippen molar-refractivity contribution >= 4 is 0 Å². The first-order chi connectivity index (χ1) is 13.8. The molecule has 0 amide bonds. The highest BCUT2D eigenvalue weighted by atomic mass is 16.6. The maximum absolute atomic E-state index is 10.4. The largest absolute Gasteiger partial charge is 0.364 e. The lowest BCUT2D eigenvalue weighted by Crippen LogP contribution is -2.44. The monoisotopic (exact) mass is 371 g/mol. The molecule has 2 heterocycles. The number of likely N-dealkylation sites (tertiary alicyclic amines) is 1. The van der Waals surface area contributed by atoms with Gasteiger partial charge >= 0.3 is 0 Å². The molecule has 5 rings (SSSR count). The van der Waals surface area contributed by atoms with E-state index in [-0.39, 0.29) is 11.6 Å². The van der Waals surface area contributed by atoms with E-state index in [1.165, 1.54) is 11.1 Å². The fourth-order valence-corrected chi connectivity index (χ4v) is 4.88. The summed E-state index contributed by atoms with van der Waals surface area (Å²) in [5, 5.41) is 10.4. The molecule has 1 unspecified atom stereocenters. The number of fused-ring (bicyclic) bond motifs is 2. The van der Waals surface area contributed by atoms with Gasteiger partial charge in [0, 0.05) is 18.7 Å². The van der Waals surface area contributed by atoms with Crippen molar-refractivity contribution in [3.05, 3.63) is 107 Å². The number of aliphatic hydroxyl groups excluding tert-OH is 1. The molecule has 1 atom stereocenters. The molecular formula is C25H25NO2. The Bertz CT molecular complexity index is 894. The van der Waals surface area contributed by atoms with Crippen LogP contribution < -0.4 is 0 Å². The SMILES string of the molecule is OC1OC2(CCN(C(c3ccccc3)c3ccccc3)CC2)c2ccccc21. The second-order valence-electron chi connectivity index (χ2n) is 7.81. The smallest absolute Gasteiger partial charge is 0.182 e. The van der Waals surface area contributed by atoms with Crippen LogP contribution in [0.5, 0.6) is 0 Å². The first kappa shape index (κ1) is 17.6. The van der Waals surface area contributed by atoms with Crippen molar-refractivity contribution < 1.29 is 9.84 Å². The zero-order valence-corrected chi connectivity index (χ0v) is 15.9. The minimum atomic E-state index is -0.804. The van der Waals surface area contributed by atoms with Crippen molar-refractivity contribution in [2.75, 3.05) is 13.1 Å². The maximum atomic E-state index is 10.4. The van der Waals surface area contributed by atoms with Gasteiger partial charge in [0.25, 0.3) is 0 Å². The minimum Gasteiger partial charge on any atom is -0.364 e. The molecule has 0 radical (unpaired) electrons. The third kappa shape index (κ3) is 2.96. The second-order valence-corrected chi connectivity index (χ2v) is 7.81. The van der Waals surface area contributed by atoms with Crippen LogP contribution in [0, 0.1) is 0 Å². The zero-order chi connectivity index (χ0) is 19.0. The minimum absolute atomic E-state index is 0.237. The molecule has 2 aliphatic rings. The van der Waals surface area contributed by atoms with Gasteiger partial charge in [0.15, 0.2) is 6.29 Å². The Labute approximate surface area is 166 Å². The van der Waals surface area contributed by atoms with Crippen LogP contribution in [0.25, 0.3) is 0 Å². The average molecular weight is 371 g/mol. The number of ether oxygens (including phenoxy) is 1. The Kier molecular flexibility index (Phi) is 4.52. The van der Waals surface area contributed by atoms with Crippen molar-refractivity contribution in [1.29, 1.82) is 0 Å². The van der Waals surface area contributed by atoms with Crippen LogP contribution >= 0.6 is 0 Å². The summed E-state index contributed by atoms with van der Waals surface area (Å²) in [7, 11) is 0. The Morgan fingerprint density at radius 2 is 1.32 bits per heavy atom. The van der Waals surface area contributed by atoms with Crippen LogP contribution in [-0.2, 0) is 10.3 Å². The highest BCUT2D eigenvalue weighted by Crippen LogP contribution is 2.49. The second kappa shape index (κ2) is 7.17. The van der Waals surface area contributed by atoms with Crippen LogP contribution in [0.3, 0.4) is 0 Å². The lowest BCUT2D eigenvalue weighted by atomic mass is 9.82. The molecule has 0 saturated carbocycles. The van der Waals surface area contributed by atoms with Gasteiger partial charge in [-0.1, -0.05) is 84.9 Å². The summed E-state index contributed by atoms with van der Waals surface area (Å²) in [4.78, 5) is 2.55. The fourth-order valence-electron chi connectivity index (χ4n) is 4.88. The van der Waals surface area contributed by atoms with Gasteiger partial charge in [-0.3, -0.25) is 4.90 Å². The Morgan fingerprint density at radius 3 is 1.93 bits per heavy atom. The predicted octanol–water partition coefficient (Wildman–Crippen LogP) is 4.79. The Balaban J connectivity index is 1.44. The number of benzene rings is 3. The topological polar surface area (TPSA) is 32.7 Å². The average Bonchev–Trinajstić information content (AvgIpc) is 3.03. The maximum Gasteiger partial charge on any atom is 0.182 e. The van der Waals surface area contributed by atoms with Gasteiger partial charge in [0.05, 0.1) is 11.6 Å². The lowest BCUT2D eigenvalue weighted by Gasteiger charge is -2.43. The molecule has 0 aliphatic carbocycles. The van der Waals surface area contributed by atoms with E-state index in [4.69, 9.17) is 4.74 Å². The molecule has 3 heteroatoms. The van der Waals surface area contributed by atoms with Crippen molar-refractivity contribution in [3.8, 4) is 0 Å².